The van der Waals surface area contributed by atoms with Crippen LogP contribution in [0.3, 0.4) is 0 Å². The fourth-order valence-electron chi connectivity index (χ4n) is 6.61. The second kappa shape index (κ2) is 35.3. The Morgan fingerprint density at radius 2 is 0.982 bits per heavy atom. The molecule has 13 heteroatoms. The van der Waals surface area contributed by atoms with E-state index in [4.69, 9.17) is 18.5 Å². The number of hydrogen-bond acceptors (Lipinski definition) is 11. The molecule has 6 atom stereocenters. The number of carbonyl (C=O) groups excluding carboxylic acids is 1. The van der Waals surface area contributed by atoms with Crippen molar-refractivity contribution >= 4 is 13.8 Å². The summed E-state index contributed by atoms with van der Waals surface area (Å²) in [4.78, 5) is 23.1. The second-order valence-electron chi connectivity index (χ2n) is 15.5. The third kappa shape index (κ3) is 27.9. The van der Waals surface area contributed by atoms with Gasteiger partial charge in [-0.1, -0.05) is 134 Å². The quantitative estimate of drug-likeness (QED) is 0.0151. The molecule has 0 amide bonds. The molecule has 0 aromatic heterocycles. The van der Waals surface area contributed by atoms with Crippen LogP contribution in [0.5, 0.6) is 0 Å². The third-order valence-electron chi connectivity index (χ3n) is 10.2. The van der Waals surface area contributed by atoms with Crippen molar-refractivity contribution in [3.8, 4) is 0 Å². The molecule has 0 aromatic carbocycles. The van der Waals surface area contributed by atoms with Crippen LogP contribution < -0.4 is 0 Å². The average Bonchev–Trinajstić information content (AvgIpc) is 3.19. The molecule has 1 rings (SSSR count). The number of esters is 1. The average molecular weight is 833 g/mol. The molecule has 334 valence electrons. The number of phosphoric ester groups is 1. The second-order valence-corrected chi connectivity index (χ2v) is 16.9. The normalized spacial score (nSPS) is 23.2. The van der Waals surface area contributed by atoms with Crippen LogP contribution in [0.4, 0.5) is 0 Å². The number of phosphoric acid groups is 1. The van der Waals surface area contributed by atoms with E-state index in [-0.39, 0.29) is 13.0 Å². The molecule has 0 spiro atoms. The van der Waals surface area contributed by atoms with Gasteiger partial charge in [0.2, 0.25) is 0 Å². The molecule has 12 nitrogen and oxygen atoms in total. The van der Waals surface area contributed by atoms with Gasteiger partial charge in [0, 0.05) is 13.0 Å². The predicted octanol–water partition coefficient (Wildman–Crippen LogP) is 8.70. The molecule has 6 unspecified atom stereocenters. The van der Waals surface area contributed by atoms with E-state index in [0.29, 0.717) is 13.0 Å². The lowest BCUT2D eigenvalue weighted by molar-refractivity contribution is -0.220. The van der Waals surface area contributed by atoms with Crippen LogP contribution in [-0.2, 0) is 27.9 Å². The zero-order chi connectivity index (χ0) is 42.0. The highest BCUT2D eigenvalue weighted by atomic mass is 31.2. The lowest BCUT2D eigenvalue weighted by Crippen LogP contribution is -2.64. The predicted molar refractivity (Wildman–Crippen MR) is 226 cm³/mol. The Morgan fingerprint density at radius 3 is 1.49 bits per heavy atom. The molecule has 57 heavy (non-hydrogen) atoms. The van der Waals surface area contributed by atoms with Gasteiger partial charge in [0.15, 0.2) is 0 Å². The maximum Gasteiger partial charge on any atom is 0.472 e. The number of unbranched alkanes of at least 4 members (excludes halogenated alkanes) is 19. The molecule has 0 radical (unpaired) electrons. The van der Waals surface area contributed by atoms with Crippen molar-refractivity contribution in [1.29, 1.82) is 0 Å². The van der Waals surface area contributed by atoms with Gasteiger partial charge in [-0.2, -0.15) is 0 Å². The topological polar surface area (TPSA) is 192 Å². The van der Waals surface area contributed by atoms with Gasteiger partial charge in [0.1, 0.15) is 42.7 Å². The van der Waals surface area contributed by atoms with Crippen molar-refractivity contribution in [2.75, 3.05) is 19.8 Å². The number of rotatable bonds is 37. The summed E-state index contributed by atoms with van der Waals surface area (Å²) >= 11 is 0. The molecule has 1 saturated carbocycles. The molecule has 0 saturated heterocycles. The molecule has 0 aliphatic heterocycles. The number of allylic oxidation sites excluding steroid dienone is 6. The largest absolute Gasteiger partial charge is 0.472 e. The summed E-state index contributed by atoms with van der Waals surface area (Å²) in [6.45, 7) is 4.18. The molecule has 1 fully saturated rings. The van der Waals surface area contributed by atoms with Crippen LogP contribution in [0.25, 0.3) is 0 Å². The Kier molecular flexibility index (Phi) is 33.2. The molecule has 1 aliphatic rings. The lowest BCUT2D eigenvalue weighted by Gasteiger charge is -2.41. The summed E-state index contributed by atoms with van der Waals surface area (Å²) in [6.07, 6.45) is 27.9. The van der Waals surface area contributed by atoms with Gasteiger partial charge in [-0.05, 0) is 70.6 Å². The van der Waals surface area contributed by atoms with Gasteiger partial charge in [0.25, 0.3) is 0 Å². The van der Waals surface area contributed by atoms with E-state index in [1.807, 2.05) is 0 Å². The maximum atomic E-state index is 12.8. The summed E-state index contributed by atoms with van der Waals surface area (Å²) in [5, 5.41) is 50.1. The SMILES string of the molecule is CCCCC/C=C\C/C=C\CCCCCCCCCCOCC(COP(=O)(O)OC1C(O)C(O)C(O)C(O)C1O)OC(=O)CCCCCCC/C=C\CCCCC. The van der Waals surface area contributed by atoms with Gasteiger partial charge >= 0.3 is 13.8 Å². The van der Waals surface area contributed by atoms with Crippen LogP contribution in [0, 0.1) is 0 Å². The first-order valence-electron chi connectivity index (χ1n) is 22.3. The molecular formula is C44H81O12P. The number of hydrogen-bond donors (Lipinski definition) is 6. The highest BCUT2D eigenvalue weighted by Crippen LogP contribution is 2.47. The van der Waals surface area contributed by atoms with Crippen molar-refractivity contribution in [3.63, 3.8) is 0 Å². The molecule has 0 heterocycles. The fourth-order valence-corrected chi connectivity index (χ4v) is 7.59. The minimum Gasteiger partial charge on any atom is -0.457 e. The van der Waals surface area contributed by atoms with Gasteiger partial charge in [-0.3, -0.25) is 13.8 Å². The van der Waals surface area contributed by atoms with Crippen LogP contribution in [0.2, 0.25) is 0 Å². The van der Waals surface area contributed by atoms with E-state index in [2.05, 4.69) is 50.3 Å². The first kappa shape index (κ1) is 53.6. The van der Waals surface area contributed by atoms with Crippen LogP contribution in [0.1, 0.15) is 174 Å². The van der Waals surface area contributed by atoms with Crippen LogP contribution >= 0.6 is 7.82 Å². The Labute approximate surface area is 344 Å². The highest BCUT2D eigenvalue weighted by Gasteiger charge is 2.51. The fraction of sp³-hybridized carbons (Fsp3) is 0.841. The zero-order valence-electron chi connectivity index (χ0n) is 35.4. The van der Waals surface area contributed by atoms with E-state index in [0.717, 1.165) is 77.0 Å². The van der Waals surface area contributed by atoms with Crippen molar-refractivity contribution in [2.45, 2.75) is 217 Å². The van der Waals surface area contributed by atoms with Gasteiger partial charge in [0.05, 0.1) is 13.2 Å². The molecule has 1 aliphatic carbocycles. The molecular weight excluding hydrogens is 751 g/mol. The highest BCUT2D eigenvalue weighted by molar-refractivity contribution is 7.47. The van der Waals surface area contributed by atoms with E-state index in [1.165, 1.54) is 70.6 Å². The van der Waals surface area contributed by atoms with Crippen LogP contribution in [-0.4, -0.2) is 98.9 Å². The zero-order valence-corrected chi connectivity index (χ0v) is 36.3. The van der Waals surface area contributed by atoms with E-state index in [9.17, 15) is 39.8 Å². The molecule has 0 aromatic rings. The lowest BCUT2D eigenvalue weighted by atomic mass is 9.85. The smallest absolute Gasteiger partial charge is 0.457 e. The van der Waals surface area contributed by atoms with E-state index >= 15 is 0 Å². The van der Waals surface area contributed by atoms with Crippen LogP contribution in [0.15, 0.2) is 36.5 Å². The van der Waals surface area contributed by atoms with Gasteiger partial charge < -0.3 is 39.9 Å². The summed E-state index contributed by atoms with van der Waals surface area (Å²) in [5.41, 5.74) is 0. The first-order valence-corrected chi connectivity index (χ1v) is 23.8. The summed E-state index contributed by atoms with van der Waals surface area (Å²) < 4.78 is 34.1. The number of carbonyl (C=O) groups is 1. The van der Waals surface area contributed by atoms with Crippen molar-refractivity contribution < 1.29 is 58.3 Å². The first-order chi connectivity index (χ1) is 27.5. The van der Waals surface area contributed by atoms with Crippen molar-refractivity contribution in [1.82, 2.24) is 0 Å². The summed E-state index contributed by atoms with van der Waals surface area (Å²) in [7, 11) is -5.02. The summed E-state index contributed by atoms with van der Waals surface area (Å²) in [6, 6.07) is 0. The Bertz CT molecular complexity index is 1090. The standard InChI is InChI=1S/C44H81O12P/c1-3-5-7-9-11-13-15-17-18-19-20-21-22-24-26-28-30-32-34-53-35-37(55-38(45)33-31-29-27-25-23-16-14-12-10-8-6-4-2)36-54-57(51,52)56-44-42(49)40(47)39(46)41(48)43(44)50/h11-14,17-18,37,39-44,46-50H,3-10,15-16,19-36H2,1-2H3,(H,51,52)/b13-11-,14-12-,18-17-. The van der Waals surface area contributed by atoms with Crippen molar-refractivity contribution in [3.05, 3.63) is 36.5 Å². The summed E-state index contributed by atoms with van der Waals surface area (Å²) in [5.74, 6) is -0.490. The number of aliphatic hydroxyl groups excluding tert-OH is 5. The van der Waals surface area contributed by atoms with Gasteiger partial charge in [-0.15, -0.1) is 0 Å². The molecule has 0 bridgehead atoms. The van der Waals surface area contributed by atoms with E-state index in [1.54, 1.807) is 0 Å². The maximum absolute atomic E-state index is 12.8. The van der Waals surface area contributed by atoms with E-state index < -0.39 is 63.1 Å². The molecule has 6 N–H and O–H groups in total. The Hall–Kier alpha value is -1.44. The Morgan fingerprint density at radius 1 is 0.561 bits per heavy atom. The third-order valence-corrected chi connectivity index (χ3v) is 11.2. The number of ether oxygens (including phenoxy) is 2. The number of aliphatic hydroxyl groups is 5. The minimum absolute atomic E-state index is 0.0836. The van der Waals surface area contributed by atoms with Crippen molar-refractivity contribution in [2.24, 2.45) is 0 Å². The minimum atomic E-state index is -5.02. The Balaban J connectivity index is 2.40. The monoisotopic (exact) mass is 833 g/mol. The van der Waals surface area contributed by atoms with Gasteiger partial charge in [-0.25, -0.2) is 4.57 Å².